The predicted octanol–water partition coefficient (Wildman–Crippen LogP) is 2.56. The van der Waals surface area contributed by atoms with Crippen molar-refractivity contribution in [3.8, 4) is 11.3 Å². The number of amides is 2. The minimum Gasteiger partial charge on any atom is -0.545 e. The van der Waals surface area contributed by atoms with E-state index in [9.17, 15) is 24.3 Å². The Morgan fingerprint density at radius 2 is 2.00 bits per heavy atom. The molecule has 1 saturated heterocycles. The van der Waals surface area contributed by atoms with Crippen molar-refractivity contribution in [1.82, 2.24) is 4.90 Å². The summed E-state index contributed by atoms with van der Waals surface area (Å²) in [6.07, 6.45) is 1.38. The number of hydrogen-bond donors (Lipinski definition) is 0. The number of rotatable bonds is 5. The van der Waals surface area contributed by atoms with Crippen LogP contribution in [0.15, 0.2) is 39.7 Å². The Morgan fingerprint density at radius 1 is 1.28 bits per heavy atom. The van der Waals surface area contributed by atoms with Gasteiger partial charge in [-0.25, -0.2) is 4.79 Å². The molecule has 29 heavy (non-hydrogen) atoms. The van der Waals surface area contributed by atoms with Crippen molar-refractivity contribution in [2.45, 2.75) is 13.0 Å². The van der Waals surface area contributed by atoms with Crippen molar-refractivity contribution in [3.05, 3.63) is 51.6 Å². The van der Waals surface area contributed by atoms with Crippen LogP contribution in [0.3, 0.4) is 0 Å². The third-order valence-electron chi connectivity index (χ3n) is 4.13. The summed E-state index contributed by atoms with van der Waals surface area (Å²) in [6.45, 7) is 1.40. The highest BCUT2D eigenvalue weighted by molar-refractivity contribution is 8.18. The van der Waals surface area contributed by atoms with Gasteiger partial charge in [0.1, 0.15) is 17.6 Å². The Hall–Kier alpha value is -3.04. The molecule has 1 aromatic carbocycles. The Kier molecular flexibility index (Phi) is 5.81. The van der Waals surface area contributed by atoms with Crippen LogP contribution in [-0.4, -0.2) is 41.1 Å². The number of hydrogen-bond acceptors (Lipinski definition) is 8. The Balaban J connectivity index is 1.84. The zero-order chi connectivity index (χ0) is 21.3. The predicted molar refractivity (Wildman–Crippen MR) is 103 cm³/mol. The lowest BCUT2D eigenvalue weighted by molar-refractivity contribution is -0.255. The number of carboxylic acid groups (broad SMARTS) is 1. The Morgan fingerprint density at radius 3 is 2.62 bits per heavy atom. The number of methoxy groups -OCH3 is 1. The summed E-state index contributed by atoms with van der Waals surface area (Å²) in [6, 6.07) is 6.36. The molecule has 1 aliphatic heterocycles. The van der Waals surface area contributed by atoms with Gasteiger partial charge in [0, 0.05) is 17.2 Å². The molecule has 0 unspecified atom stereocenters. The van der Waals surface area contributed by atoms with E-state index in [1.54, 1.807) is 12.1 Å². The highest BCUT2D eigenvalue weighted by Gasteiger charge is 2.41. The van der Waals surface area contributed by atoms with Crippen LogP contribution < -0.4 is 5.11 Å². The minimum absolute atomic E-state index is 0.00151. The van der Waals surface area contributed by atoms with Gasteiger partial charge in [-0.15, -0.1) is 0 Å². The molecule has 0 saturated carbocycles. The number of carbonyl (C=O) groups is 4. The average Bonchev–Trinajstić information content (AvgIpc) is 3.25. The average molecular weight is 435 g/mol. The van der Waals surface area contributed by atoms with Crippen molar-refractivity contribution < 1.29 is 33.4 Å². The van der Waals surface area contributed by atoms with Gasteiger partial charge in [0.2, 0.25) is 0 Å². The monoisotopic (exact) mass is 434 g/mol. The minimum atomic E-state index is -1.39. The molecular formula is C19H13ClNO7S-. The van der Waals surface area contributed by atoms with E-state index < -0.39 is 29.1 Å². The number of nitrogens with zero attached hydrogens (tertiary/aromatic N) is 1. The molecule has 150 valence electrons. The highest BCUT2D eigenvalue weighted by Crippen LogP contribution is 2.35. The Labute approximate surface area is 174 Å². The van der Waals surface area contributed by atoms with Crippen molar-refractivity contribution in [3.63, 3.8) is 0 Å². The first-order chi connectivity index (χ1) is 13.7. The number of halogens is 1. The van der Waals surface area contributed by atoms with Gasteiger partial charge >= 0.3 is 5.97 Å². The lowest BCUT2D eigenvalue weighted by Gasteiger charge is -2.18. The molecule has 2 amide bonds. The van der Waals surface area contributed by atoms with Gasteiger partial charge in [0.15, 0.2) is 0 Å². The molecule has 10 heteroatoms. The lowest BCUT2D eigenvalue weighted by atomic mass is 10.1. The van der Waals surface area contributed by atoms with Gasteiger partial charge in [-0.1, -0.05) is 23.7 Å². The SMILES string of the molecule is COC(=O)[C@@H](C)N1C(=O)S/C(=C\c2ccc(-c3ccc(C(=O)[O-])c(Cl)c3)o2)C1=O. The van der Waals surface area contributed by atoms with Crippen LogP contribution in [0, 0.1) is 0 Å². The quantitative estimate of drug-likeness (QED) is 0.520. The smallest absolute Gasteiger partial charge is 0.328 e. The molecule has 3 rings (SSSR count). The summed E-state index contributed by atoms with van der Waals surface area (Å²) in [4.78, 5) is 48.1. The normalized spacial score (nSPS) is 16.4. The van der Waals surface area contributed by atoms with E-state index in [1.165, 1.54) is 38.3 Å². The summed E-state index contributed by atoms with van der Waals surface area (Å²) >= 11 is 6.62. The fraction of sp³-hybridized carbons (Fsp3) is 0.158. The van der Waals surface area contributed by atoms with Crippen molar-refractivity contribution >= 4 is 52.5 Å². The number of thioether (sulfide) groups is 1. The second kappa shape index (κ2) is 8.14. The zero-order valence-corrected chi connectivity index (χ0v) is 16.7. The molecule has 8 nitrogen and oxygen atoms in total. The number of carbonyl (C=O) groups excluding carboxylic acids is 4. The van der Waals surface area contributed by atoms with Gasteiger partial charge in [0.05, 0.1) is 23.0 Å². The molecule has 2 aromatic rings. The summed E-state index contributed by atoms with van der Waals surface area (Å²) in [5, 5.41) is 10.3. The molecule has 0 spiro atoms. The van der Waals surface area contributed by atoms with E-state index in [0.717, 1.165) is 4.90 Å². The molecule has 2 heterocycles. The van der Waals surface area contributed by atoms with E-state index in [1.807, 2.05) is 0 Å². The van der Waals surface area contributed by atoms with E-state index in [4.69, 9.17) is 16.0 Å². The molecular weight excluding hydrogens is 422 g/mol. The standard InChI is InChI=1S/C19H14ClNO7S/c1-9(18(25)27-2)21-16(22)15(29-19(21)26)8-11-4-6-14(28-11)10-3-5-12(17(23)24)13(20)7-10/h3-9H,1-2H3,(H,23,24)/p-1/b15-8-/t9-/m1/s1. The number of carboxylic acids is 1. The molecule has 1 aromatic heterocycles. The molecule has 1 aliphatic rings. The van der Waals surface area contributed by atoms with Crippen LogP contribution in [0.25, 0.3) is 17.4 Å². The third kappa shape index (κ3) is 4.06. The molecule has 1 fully saturated rings. The van der Waals surface area contributed by atoms with Gasteiger partial charge < -0.3 is 19.1 Å². The lowest BCUT2D eigenvalue weighted by Crippen LogP contribution is -2.42. The number of aromatic carboxylic acids is 1. The number of esters is 1. The number of imide groups is 1. The number of ether oxygens (including phenoxy) is 1. The molecule has 0 aliphatic carbocycles. The van der Waals surface area contributed by atoms with Crippen molar-refractivity contribution in [2.75, 3.05) is 7.11 Å². The van der Waals surface area contributed by atoms with Gasteiger partial charge in [-0.05, 0) is 36.9 Å². The Bertz CT molecular complexity index is 1060. The zero-order valence-electron chi connectivity index (χ0n) is 15.1. The van der Waals surface area contributed by atoms with Crippen LogP contribution in [-0.2, 0) is 14.3 Å². The van der Waals surface area contributed by atoms with Gasteiger partial charge in [-0.3, -0.25) is 14.5 Å². The van der Waals surface area contributed by atoms with Gasteiger partial charge in [-0.2, -0.15) is 0 Å². The van der Waals surface area contributed by atoms with Crippen molar-refractivity contribution in [1.29, 1.82) is 0 Å². The molecule has 1 atom stereocenters. The van der Waals surface area contributed by atoms with Crippen LogP contribution >= 0.6 is 23.4 Å². The summed E-state index contributed by atoms with van der Waals surface area (Å²) in [5.41, 5.74) is 0.377. The van der Waals surface area contributed by atoms with E-state index in [0.29, 0.717) is 23.1 Å². The first-order valence-corrected chi connectivity index (χ1v) is 9.38. The van der Waals surface area contributed by atoms with E-state index in [2.05, 4.69) is 4.74 Å². The van der Waals surface area contributed by atoms with Crippen LogP contribution in [0.1, 0.15) is 23.0 Å². The number of benzene rings is 1. The molecule has 0 bridgehead atoms. The first-order valence-electron chi connectivity index (χ1n) is 8.19. The summed E-state index contributed by atoms with van der Waals surface area (Å²) in [5.74, 6) is -2.05. The fourth-order valence-electron chi connectivity index (χ4n) is 2.64. The maximum Gasteiger partial charge on any atom is 0.328 e. The highest BCUT2D eigenvalue weighted by atomic mass is 35.5. The second-order valence-corrected chi connectivity index (χ2v) is 7.34. The van der Waals surface area contributed by atoms with Crippen molar-refractivity contribution in [2.24, 2.45) is 0 Å². The van der Waals surface area contributed by atoms with Gasteiger partial charge in [0.25, 0.3) is 11.1 Å². The summed E-state index contributed by atoms with van der Waals surface area (Å²) in [7, 11) is 1.17. The van der Waals surface area contributed by atoms with Crippen LogP contribution in [0.2, 0.25) is 5.02 Å². The van der Waals surface area contributed by atoms with E-state index >= 15 is 0 Å². The first kappa shape index (κ1) is 20.7. The second-order valence-electron chi connectivity index (χ2n) is 5.93. The maximum absolute atomic E-state index is 12.5. The molecule has 0 radical (unpaired) electrons. The fourth-order valence-corrected chi connectivity index (χ4v) is 3.78. The molecule has 0 N–H and O–H groups in total. The third-order valence-corrected chi connectivity index (χ3v) is 5.32. The topological polar surface area (TPSA) is 117 Å². The largest absolute Gasteiger partial charge is 0.545 e. The van der Waals surface area contributed by atoms with E-state index in [-0.39, 0.29) is 21.3 Å². The summed E-state index contributed by atoms with van der Waals surface area (Å²) < 4.78 is 10.2. The van der Waals surface area contributed by atoms with Crippen LogP contribution in [0.5, 0.6) is 0 Å². The van der Waals surface area contributed by atoms with Crippen LogP contribution in [0.4, 0.5) is 4.79 Å². The maximum atomic E-state index is 12.5. The number of furan rings is 1.